The normalized spacial score (nSPS) is 17.9. The number of nitrogens with zero attached hydrogens (tertiary/aromatic N) is 1. The van der Waals surface area contributed by atoms with Gasteiger partial charge in [0, 0.05) is 5.02 Å². The standard InChI is InChI=1S/C17H17ClN2O/c18-16-9-5-4-8-14(16)11-20-17(10-15(12-21)19-20)13-6-2-1-3-7-13/h1-10,15,19,21H,11-12H2. The van der Waals surface area contributed by atoms with Crippen LogP contribution in [-0.4, -0.2) is 22.8 Å². The van der Waals surface area contributed by atoms with Crippen LogP contribution in [0.4, 0.5) is 0 Å². The molecule has 0 saturated heterocycles. The van der Waals surface area contributed by atoms with Crippen LogP contribution in [0.3, 0.4) is 0 Å². The van der Waals surface area contributed by atoms with Gasteiger partial charge < -0.3 is 10.1 Å². The zero-order valence-electron chi connectivity index (χ0n) is 11.5. The lowest BCUT2D eigenvalue weighted by molar-refractivity contribution is 0.208. The molecule has 2 aromatic carbocycles. The van der Waals surface area contributed by atoms with Crippen molar-refractivity contribution >= 4 is 17.3 Å². The fourth-order valence-corrected chi connectivity index (χ4v) is 2.67. The van der Waals surface area contributed by atoms with Crippen LogP contribution in [-0.2, 0) is 6.54 Å². The van der Waals surface area contributed by atoms with Crippen molar-refractivity contribution in [2.24, 2.45) is 0 Å². The molecule has 0 amide bonds. The van der Waals surface area contributed by atoms with Crippen LogP contribution >= 0.6 is 11.6 Å². The first kappa shape index (κ1) is 14.1. The molecule has 0 saturated carbocycles. The van der Waals surface area contributed by atoms with Crippen molar-refractivity contribution in [1.82, 2.24) is 10.4 Å². The Morgan fingerprint density at radius 3 is 2.48 bits per heavy atom. The highest BCUT2D eigenvalue weighted by molar-refractivity contribution is 6.31. The first-order chi connectivity index (χ1) is 10.3. The Bertz CT molecular complexity index is 642. The Labute approximate surface area is 129 Å². The number of hydrogen-bond donors (Lipinski definition) is 2. The fraction of sp³-hybridized carbons (Fsp3) is 0.176. The molecule has 4 heteroatoms. The summed E-state index contributed by atoms with van der Waals surface area (Å²) >= 11 is 6.24. The van der Waals surface area contributed by atoms with Gasteiger partial charge in [0.05, 0.1) is 24.9 Å². The van der Waals surface area contributed by atoms with Crippen LogP contribution in [0.15, 0.2) is 60.7 Å². The van der Waals surface area contributed by atoms with E-state index >= 15 is 0 Å². The summed E-state index contributed by atoms with van der Waals surface area (Å²) in [6.07, 6.45) is 2.05. The summed E-state index contributed by atoms with van der Waals surface area (Å²) in [5.74, 6) is 0. The first-order valence-corrected chi connectivity index (χ1v) is 7.31. The predicted octanol–water partition coefficient (Wildman–Crippen LogP) is 3.06. The van der Waals surface area contributed by atoms with Gasteiger partial charge in [0.25, 0.3) is 0 Å². The molecule has 0 aromatic heterocycles. The minimum atomic E-state index is -0.0670. The van der Waals surface area contributed by atoms with Crippen molar-refractivity contribution in [3.8, 4) is 0 Å². The highest BCUT2D eigenvalue weighted by Crippen LogP contribution is 2.27. The second-order valence-electron chi connectivity index (χ2n) is 5.01. The van der Waals surface area contributed by atoms with Gasteiger partial charge >= 0.3 is 0 Å². The fourth-order valence-electron chi connectivity index (χ4n) is 2.47. The van der Waals surface area contributed by atoms with Crippen LogP contribution in [0.2, 0.25) is 5.02 Å². The molecule has 3 nitrogen and oxygen atoms in total. The molecule has 1 heterocycles. The van der Waals surface area contributed by atoms with Gasteiger partial charge in [-0.1, -0.05) is 60.1 Å². The molecule has 2 N–H and O–H groups in total. The number of hydrogen-bond acceptors (Lipinski definition) is 3. The van der Waals surface area contributed by atoms with Crippen LogP contribution in [0, 0.1) is 0 Å². The number of benzene rings is 2. The lowest BCUT2D eigenvalue weighted by Crippen LogP contribution is -2.38. The smallest absolute Gasteiger partial charge is 0.0697 e. The number of halogens is 1. The average Bonchev–Trinajstić information content (AvgIpc) is 2.93. The summed E-state index contributed by atoms with van der Waals surface area (Å²) < 4.78 is 0. The largest absolute Gasteiger partial charge is 0.394 e. The lowest BCUT2D eigenvalue weighted by atomic mass is 10.1. The van der Waals surface area contributed by atoms with Gasteiger partial charge in [-0.25, -0.2) is 5.43 Å². The Kier molecular flexibility index (Phi) is 4.25. The predicted molar refractivity (Wildman–Crippen MR) is 85.4 cm³/mol. The number of rotatable bonds is 4. The zero-order chi connectivity index (χ0) is 14.7. The van der Waals surface area contributed by atoms with E-state index in [9.17, 15) is 5.11 Å². The van der Waals surface area contributed by atoms with Crippen molar-refractivity contribution in [3.05, 3.63) is 76.8 Å². The number of aliphatic hydroxyl groups is 1. The number of nitrogens with one attached hydrogen (secondary N) is 1. The molecule has 0 radical (unpaired) electrons. The van der Waals surface area contributed by atoms with Crippen molar-refractivity contribution in [2.45, 2.75) is 12.6 Å². The summed E-state index contributed by atoms with van der Waals surface area (Å²) in [4.78, 5) is 0. The van der Waals surface area contributed by atoms with Crippen molar-refractivity contribution in [2.75, 3.05) is 6.61 Å². The second kappa shape index (κ2) is 6.31. The van der Waals surface area contributed by atoms with E-state index < -0.39 is 0 Å². The number of aliphatic hydroxyl groups excluding tert-OH is 1. The van der Waals surface area contributed by atoms with Crippen LogP contribution in [0.25, 0.3) is 5.70 Å². The molecule has 1 atom stereocenters. The van der Waals surface area contributed by atoms with Crippen LogP contribution in [0.1, 0.15) is 11.1 Å². The Balaban J connectivity index is 1.87. The van der Waals surface area contributed by atoms with Gasteiger partial charge in [0.1, 0.15) is 0 Å². The molecule has 0 bridgehead atoms. The molecule has 1 aliphatic rings. The Hall–Kier alpha value is -1.81. The highest BCUT2D eigenvalue weighted by Gasteiger charge is 2.23. The van der Waals surface area contributed by atoms with E-state index in [1.165, 1.54) is 0 Å². The quantitative estimate of drug-likeness (QED) is 0.911. The molecular formula is C17H17ClN2O. The molecular weight excluding hydrogens is 284 g/mol. The monoisotopic (exact) mass is 300 g/mol. The minimum Gasteiger partial charge on any atom is -0.394 e. The van der Waals surface area contributed by atoms with Crippen molar-refractivity contribution < 1.29 is 5.11 Å². The molecule has 0 fully saturated rings. The van der Waals surface area contributed by atoms with E-state index in [-0.39, 0.29) is 12.6 Å². The van der Waals surface area contributed by atoms with Gasteiger partial charge in [-0.3, -0.25) is 0 Å². The second-order valence-corrected chi connectivity index (χ2v) is 5.42. The maximum absolute atomic E-state index is 9.41. The van der Waals surface area contributed by atoms with Crippen LogP contribution in [0.5, 0.6) is 0 Å². The maximum atomic E-state index is 9.41. The third-order valence-corrected chi connectivity index (χ3v) is 3.89. The van der Waals surface area contributed by atoms with Crippen molar-refractivity contribution in [3.63, 3.8) is 0 Å². The van der Waals surface area contributed by atoms with Gasteiger partial charge in [0.15, 0.2) is 0 Å². The number of hydrazine groups is 1. The average molecular weight is 301 g/mol. The van der Waals surface area contributed by atoms with Gasteiger partial charge in [-0.05, 0) is 23.3 Å². The third-order valence-electron chi connectivity index (χ3n) is 3.52. The van der Waals surface area contributed by atoms with Gasteiger partial charge in [0.2, 0.25) is 0 Å². The summed E-state index contributed by atoms with van der Waals surface area (Å²) in [5, 5.41) is 12.2. The van der Waals surface area contributed by atoms with E-state index in [4.69, 9.17) is 11.6 Å². The molecule has 21 heavy (non-hydrogen) atoms. The highest BCUT2D eigenvalue weighted by atomic mass is 35.5. The summed E-state index contributed by atoms with van der Waals surface area (Å²) in [7, 11) is 0. The summed E-state index contributed by atoms with van der Waals surface area (Å²) in [6, 6.07) is 17.9. The Morgan fingerprint density at radius 1 is 1.05 bits per heavy atom. The summed E-state index contributed by atoms with van der Waals surface area (Å²) in [6.45, 7) is 0.715. The molecule has 0 aliphatic carbocycles. The topological polar surface area (TPSA) is 35.5 Å². The molecule has 0 spiro atoms. The zero-order valence-corrected chi connectivity index (χ0v) is 12.3. The summed E-state index contributed by atoms with van der Waals surface area (Å²) in [5.41, 5.74) is 6.53. The molecule has 108 valence electrons. The van der Waals surface area contributed by atoms with Gasteiger partial charge in [-0.2, -0.15) is 0 Å². The maximum Gasteiger partial charge on any atom is 0.0697 e. The van der Waals surface area contributed by atoms with Crippen molar-refractivity contribution in [1.29, 1.82) is 0 Å². The van der Waals surface area contributed by atoms with E-state index in [1.54, 1.807) is 0 Å². The minimum absolute atomic E-state index is 0.0648. The molecule has 2 aromatic rings. The van der Waals surface area contributed by atoms with E-state index in [1.807, 2.05) is 53.5 Å². The van der Waals surface area contributed by atoms with E-state index in [0.717, 1.165) is 21.8 Å². The lowest BCUT2D eigenvalue weighted by Gasteiger charge is -2.24. The first-order valence-electron chi connectivity index (χ1n) is 6.93. The SMILES string of the molecule is OCC1C=C(c2ccccc2)N(Cc2ccccc2Cl)N1. The van der Waals surface area contributed by atoms with Crippen LogP contribution < -0.4 is 5.43 Å². The van der Waals surface area contributed by atoms with Gasteiger partial charge in [-0.15, -0.1) is 0 Å². The Morgan fingerprint density at radius 2 is 1.76 bits per heavy atom. The molecule has 1 unspecified atom stereocenters. The van der Waals surface area contributed by atoms with E-state index in [0.29, 0.717) is 6.54 Å². The third kappa shape index (κ3) is 3.10. The molecule has 1 aliphatic heterocycles. The van der Waals surface area contributed by atoms with E-state index in [2.05, 4.69) is 17.6 Å². The molecule has 3 rings (SSSR count).